The molecule has 1 amide bonds. The summed E-state index contributed by atoms with van der Waals surface area (Å²) < 4.78 is 0. The molecule has 5 N–H and O–H groups in total. The molecule has 1 aromatic carbocycles. The van der Waals surface area contributed by atoms with E-state index in [4.69, 9.17) is 5.11 Å². The number of rotatable bonds is 4. The molecule has 0 radical (unpaired) electrons. The maximum Gasteiger partial charge on any atom is 0.407 e. The van der Waals surface area contributed by atoms with Crippen LogP contribution in [0.1, 0.15) is 37.2 Å². The lowest BCUT2D eigenvalue weighted by atomic mass is 9.84. The van der Waals surface area contributed by atoms with Crippen molar-refractivity contribution >= 4 is 17.0 Å². The number of carboxylic acid groups (broad SMARTS) is 1. The number of piperidine rings is 2. The molecule has 4 rings (SSSR count). The van der Waals surface area contributed by atoms with E-state index in [9.17, 15) is 20.1 Å². The fourth-order valence-corrected chi connectivity index (χ4v) is 4.76. The van der Waals surface area contributed by atoms with E-state index in [0.29, 0.717) is 19.0 Å². The number of aliphatic hydroxyl groups excluding tert-OH is 2. The van der Waals surface area contributed by atoms with Crippen molar-refractivity contribution in [1.29, 1.82) is 0 Å². The Morgan fingerprint density at radius 1 is 1.10 bits per heavy atom. The van der Waals surface area contributed by atoms with Gasteiger partial charge in [0.15, 0.2) is 0 Å². The van der Waals surface area contributed by atoms with Gasteiger partial charge < -0.3 is 30.3 Å². The minimum absolute atomic E-state index is 0.114. The summed E-state index contributed by atoms with van der Waals surface area (Å²) in [6.45, 7) is 1.55. The zero-order chi connectivity index (χ0) is 20.6. The quantitative estimate of drug-likeness (QED) is 0.528. The largest absolute Gasteiger partial charge is 0.465 e. The summed E-state index contributed by atoms with van der Waals surface area (Å²) in [6.07, 6.45) is 0.486. The number of nitrogens with zero attached hydrogens (tertiary/aromatic N) is 2. The molecule has 0 spiro atoms. The summed E-state index contributed by atoms with van der Waals surface area (Å²) in [4.78, 5) is 17.4. The number of para-hydroxylation sites is 1. The summed E-state index contributed by atoms with van der Waals surface area (Å²) in [6, 6.07) is 8.22. The molecule has 2 unspecified atom stereocenters. The van der Waals surface area contributed by atoms with Gasteiger partial charge >= 0.3 is 6.09 Å². The Labute approximate surface area is 169 Å². The first-order chi connectivity index (χ1) is 13.9. The van der Waals surface area contributed by atoms with Crippen LogP contribution in [0.2, 0.25) is 0 Å². The van der Waals surface area contributed by atoms with Crippen LogP contribution >= 0.6 is 0 Å². The van der Waals surface area contributed by atoms with Crippen LogP contribution in [0.5, 0.6) is 0 Å². The van der Waals surface area contributed by atoms with Gasteiger partial charge in [-0.15, -0.1) is 0 Å². The van der Waals surface area contributed by atoms with Crippen molar-refractivity contribution in [1.82, 2.24) is 14.8 Å². The van der Waals surface area contributed by atoms with Gasteiger partial charge in [0.05, 0.1) is 5.60 Å². The number of aromatic nitrogens is 1. The van der Waals surface area contributed by atoms with Crippen molar-refractivity contribution in [2.24, 2.45) is 0 Å². The van der Waals surface area contributed by atoms with Crippen LogP contribution < -0.4 is 0 Å². The lowest BCUT2D eigenvalue weighted by Crippen LogP contribution is -2.60. The number of hydrogen-bond acceptors (Lipinski definition) is 5. The number of likely N-dealkylation sites (tertiary alicyclic amines) is 2. The topological polar surface area (TPSA) is 120 Å². The Bertz CT molecular complexity index is 853. The van der Waals surface area contributed by atoms with E-state index >= 15 is 0 Å². The summed E-state index contributed by atoms with van der Waals surface area (Å²) in [5.74, 6) is 0.383. The zero-order valence-electron chi connectivity index (χ0n) is 16.4. The first-order valence-electron chi connectivity index (χ1n) is 10.3. The number of benzene rings is 1. The SMILES string of the molecule is O=C(O)N1CCC(O)(C(O)C(O)N2CCC(c3c[nH]c4ccccc34)CC2)CC1. The summed E-state index contributed by atoms with van der Waals surface area (Å²) >= 11 is 0. The normalized spacial score (nSPS) is 23.2. The maximum absolute atomic E-state index is 11.0. The minimum atomic E-state index is -1.47. The van der Waals surface area contributed by atoms with Gasteiger partial charge in [0.1, 0.15) is 12.3 Å². The predicted octanol–water partition coefficient (Wildman–Crippen LogP) is 1.53. The molecular weight excluding hydrogens is 374 g/mol. The van der Waals surface area contributed by atoms with Gasteiger partial charge in [0, 0.05) is 43.3 Å². The fourth-order valence-electron chi connectivity index (χ4n) is 4.76. The number of hydrogen-bond donors (Lipinski definition) is 5. The molecule has 2 atom stereocenters. The number of fused-ring (bicyclic) bond motifs is 1. The van der Waals surface area contributed by atoms with Crippen molar-refractivity contribution in [3.05, 3.63) is 36.0 Å². The van der Waals surface area contributed by atoms with Crippen molar-refractivity contribution in [2.75, 3.05) is 26.2 Å². The molecule has 158 valence electrons. The predicted molar refractivity (Wildman–Crippen MR) is 108 cm³/mol. The minimum Gasteiger partial charge on any atom is -0.465 e. The van der Waals surface area contributed by atoms with Gasteiger partial charge in [0.2, 0.25) is 0 Å². The van der Waals surface area contributed by atoms with Crippen LogP contribution in [-0.4, -0.2) is 85.4 Å². The van der Waals surface area contributed by atoms with Crippen LogP contribution in [0, 0.1) is 0 Å². The van der Waals surface area contributed by atoms with Crippen molar-refractivity contribution < 1.29 is 25.2 Å². The number of nitrogens with one attached hydrogen (secondary N) is 1. The highest BCUT2D eigenvalue weighted by Gasteiger charge is 2.45. The second-order valence-electron chi connectivity index (χ2n) is 8.33. The molecule has 3 heterocycles. The molecule has 29 heavy (non-hydrogen) atoms. The van der Waals surface area contributed by atoms with Crippen LogP contribution in [0.4, 0.5) is 4.79 Å². The van der Waals surface area contributed by atoms with Crippen molar-refractivity contribution in [3.8, 4) is 0 Å². The van der Waals surface area contributed by atoms with E-state index in [0.717, 1.165) is 18.4 Å². The van der Waals surface area contributed by atoms with E-state index in [-0.39, 0.29) is 25.9 Å². The van der Waals surface area contributed by atoms with E-state index in [2.05, 4.69) is 23.3 Å². The van der Waals surface area contributed by atoms with E-state index in [1.165, 1.54) is 15.8 Å². The maximum atomic E-state index is 11.0. The molecule has 2 saturated heterocycles. The van der Waals surface area contributed by atoms with E-state index in [1.54, 1.807) is 0 Å². The third-order valence-electron chi connectivity index (χ3n) is 6.70. The number of H-pyrrole nitrogens is 1. The monoisotopic (exact) mass is 403 g/mol. The molecule has 8 nitrogen and oxygen atoms in total. The van der Waals surface area contributed by atoms with Crippen molar-refractivity contribution in [3.63, 3.8) is 0 Å². The molecule has 1 aromatic heterocycles. The average molecular weight is 403 g/mol. The van der Waals surface area contributed by atoms with Gasteiger partial charge in [-0.25, -0.2) is 4.79 Å². The molecule has 2 aromatic rings. The van der Waals surface area contributed by atoms with Gasteiger partial charge in [-0.3, -0.25) is 4.90 Å². The van der Waals surface area contributed by atoms with Gasteiger partial charge in [-0.1, -0.05) is 18.2 Å². The number of aliphatic hydroxyl groups is 3. The van der Waals surface area contributed by atoms with E-state index in [1.807, 2.05) is 17.0 Å². The van der Waals surface area contributed by atoms with Crippen LogP contribution in [0.25, 0.3) is 10.9 Å². The molecule has 2 aliphatic rings. The molecular formula is C21H29N3O5. The van der Waals surface area contributed by atoms with Gasteiger partial charge in [0.25, 0.3) is 0 Å². The standard InChI is InChI=1S/C21H29N3O5/c25-18(21(29)7-11-24(12-8-21)20(27)28)19(26)23-9-5-14(6-10-23)16-13-22-17-4-2-1-3-15(16)17/h1-4,13-14,18-19,22,25-26,29H,5-12H2,(H,27,28). The van der Waals surface area contributed by atoms with Gasteiger partial charge in [-0.2, -0.15) is 0 Å². The molecule has 0 saturated carbocycles. The van der Waals surface area contributed by atoms with Gasteiger partial charge in [-0.05, 0) is 43.2 Å². The smallest absolute Gasteiger partial charge is 0.407 e. The van der Waals surface area contributed by atoms with Crippen molar-refractivity contribution in [2.45, 2.75) is 49.5 Å². The lowest BCUT2D eigenvalue weighted by molar-refractivity contribution is -0.185. The zero-order valence-corrected chi connectivity index (χ0v) is 16.4. The summed E-state index contributed by atoms with van der Waals surface area (Å²) in [5, 5.41) is 42.4. The highest BCUT2D eigenvalue weighted by Crippen LogP contribution is 2.35. The fraction of sp³-hybridized carbons (Fsp3) is 0.571. The molecule has 0 bridgehead atoms. The first kappa shape index (κ1) is 20.2. The summed E-state index contributed by atoms with van der Waals surface area (Å²) in [7, 11) is 0. The first-order valence-corrected chi connectivity index (χ1v) is 10.3. The Balaban J connectivity index is 1.36. The lowest BCUT2D eigenvalue weighted by Gasteiger charge is -2.45. The van der Waals surface area contributed by atoms with Crippen LogP contribution in [-0.2, 0) is 0 Å². The molecule has 2 aliphatic heterocycles. The third kappa shape index (κ3) is 3.85. The second-order valence-corrected chi connectivity index (χ2v) is 8.33. The number of amides is 1. The Morgan fingerprint density at radius 3 is 2.41 bits per heavy atom. The highest BCUT2D eigenvalue weighted by atomic mass is 16.4. The summed E-state index contributed by atoms with van der Waals surface area (Å²) in [5.41, 5.74) is 0.934. The Hall–Kier alpha value is -2.13. The Morgan fingerprint density at radius 2 is 1.76 bits per heavy atom. The second kappa shape index (κ2) is 7.95. The average Bonchev–Trinajstić information content (AvgIpc) is 3.17. The van der Waals surface area contributed by atoms with Crippen LogP contribution in [0.15, 0.2) is 30.5 Å². The van der Waals surface area contributed by atoms with Crippen LogP contribution in [0.3, 0.4) is 0 Å². The number of carbonyl (C=O) groups is 1. The Kier molecular flexibility index (Phi) is 5.52. The molecule has 2 fully saturated rings. The molecule has 0 aliphatic carbocycles. The van der Waals surface area contributed by atoms with E-state index < -0.39 is 24.0 Å². The highest BCUT2D eigenvalue weighted by molar-refractivity contribution is 5.83. The number of aromatic amines is 1. The molecule has 8 heteroatoms. The third-order valence-corrected chi connectivity index (χ3v) is 6.70.